The summed E-state index contributed by atoms with van der Waals surface area (Å²) in [7, 11) is 0. The quantitative estimate of drug-likeness (QED) is 0.574. The van der Waals surface area contributed by atoms with E-state index in [1.807, 2.05) is 54.6 Å². The second kappa shape index (κ2) is 6.22. The minimum atomic E-state index is 0.517. The molecule has 0 saturated carbocycles. The van der Waals surface area contributed by atoms with Crippen molar-refractivity contribution >= 4 is 22.2 Å². The maximum absolute atomic E-state index is 9.38. The van der Waals surface area contributed by atoms with Gasteiger partial charge in [-0.15, -0.1) is 0 Å². The van der Waals surface area contributed by atoms with Crippen molar-refractivity contribution in [1.82, 2.24) is 0 Å². The molecule has 0 aromatic heterocycles. The van der Waals surface area contributed by atoms with E-state index in [9.17, 15) is 5.26 Å². The number of benzene rings is 2. The SMILES string of the molecule is CCc1ccccc1/C(Cl)=C(/C#N)c1ccccc1. The highest BCUT2D eigenvalue weighted by atomic mass is 35.5. The Morgan fingerprint density at radius 2 is 1.68 bits per heavy atom. The zero-order chi connectivity index (χ0) is 13.7. The van der Waals surface area contributed by atoms with Crippen LogP contribution in [-0.2, 0) is 6.42 Å². The van der Waals surface area contributed by atoms with Crippen molar-refractivity contribution in [1.29, 1.82) is 5.26 Å². The first-order valence-electron chi connectivity index (χ1n) is 6.21. The van der Waals surface area contributed by atoms with E-state index in [0.29, 0.717) is 10.6 Å². The summed E-state index contributed by atoms with van der Waals surface area (Å²) in [5.41, 5.74) is 3.45. The summed E-state index contributed by atoms with van der Waals surface area (Å²) in [6.07, 6.45) is 0.889. The normalized spacial score (nSPS) is 11.6. The lowest BCUT2D eigenvalue weighted by atomic mass is 9.99. The van der Waals surface area contributed by atoms with Crippen LogP contribution in [-0.4, -0.2) is 0 Å². The van der Waals surface area contributed by atoms with Crippen LogP contribution in [0.2, 0.25) is 0 Å². The first-order chi connectivity index (χ1) is 9.27. The fourth-order valence-corrected chi connectivity index (χ4v) is 2.36. The lowest BCUT2D eigenvalue weighted by Gasteiger charge is -2.09. The highest BCUT2D eigenvalue weighted by Crippen LogP contribution is 2.31. The van der Waals surface area contributed by atoms with Crippen LogP contribution in [0.5, 0.6) is 0 Å². The van der Waals surface area contributed by atoms with E-state index in [-0.39, 0.29) is 0 Å². The van der Waals surface area contributed by atoms with Gasteiger partial charge in [-0.2, -0.15) is 5.26 Å². The maximum atomic E-state index is 9.38. The Hall–Kier alpha value is -2.04. The van der Waals surface area contributed by atoms with Gasteiger partial charge in [0.05, 0.1) is 10.6 Å². The van der Waals surface area contributed by atoms with Crippen molar-refractivity contribution in [2.24, 2.45) is 0 Å². The summed E-state index contributed by atoms with van der Waals surface area (Å²) in [5, 5.41) is 9.90. The third kappa shape index (κ3) is 2.86. The van der Waals surface area contributed by atoms with E-state index in [1.54, 1.807) is 0 Å². The van der Waals surface area contributed by atoms with Crippen LogP contribution < -0.4 is 0 Å². The van der Waals surface area contributed by atoms with Gasteiger partial charge in [0, 0.05) is 0 Å². The molecule has 19 heavy (non-hydrogen) atoms. The molecule has 0 heterocycles. The molecular weight excluding hydrogens is 254 g/mol. The predicted molar refractivity (Wildman–Crippen MR) is 80.5 cm³/mol. The van der Waals surface area contributed by atoms with Gasteiger partial charge in [0.15, 0.2) is 0 Å². The molecule has 0 aliphatic rings. The standard InChI is InChI=1S/C17H14ClN/c1-2-13-8-6-7-11-15(13)17(18)16(12-19)14-9-4-3-5-10-14/h3-11H,2H2,1H3/b17-16+. The van der Waals surface area contributed by atoms with Crippen LogP contribution in [0.3, 0.4) is 0 Å². The minimum absolute atomic E-state index is 0.517. The van der Waals surface area contributed by atoms with E-state index >= 15 is 0 Å². The Bertz CT molecular complexity index is 636. The van der Waals surface area contributed by atoms with Crippen molar-refractivity contribution in [3.63, 3.8) is 0 Å². The molecule has 0 unspecified atom stereocenters. The Morgan fingerprint density at radius 3 is 2.32 bits per heavy atom. The molecule has 1 nitrogen and oxygen atoms in total. The molecule has 94 valence electrons. The molecule has 0 amide bonds. The molecule has 0 bridgehead atoms. The van der Waals surface area contributed by atoms with Crippen LogP contribution in [0.4, 0.5) is 0 Å². The molecular formula is C17H14ClN. The molecule has 2 aromatic carbocycles. The van der Waals surface area contributed by atoms with Crippen LogP contribution in [0.15, 0.2) is 54.6 Å². The summed E-state index contributed by atoms with van der Waals surface area (Å²) >= 11 is 6.45. The largest absolute Gasteiger partial charge is 0.192 e. The average Bonchev–Trinajstić information content (AvgIpc) is 2.49. The molecule has 0 saturated heterocycles. The monoisotopic (exact) mass is 267 g/mol. The molecule has 0 atom stereocenters. The van der Waals surface area contributed by atoms with Crippen molar-refractivity contribution in [2.45, 2.75) is 13.3 Å². The second-order valence-electron chi connectivity index (χ2n) is 4.18. The van der Waals surface area contributed by atoms with Gasteiger partial charge in [-0.25, -0.2) is 0 Å². The third-order valence-electron chi connectivity index (χ3n) is 3.03. The van der Waals surface area contributed by atoms with Gasteiger partial charge in [0.25, 0.3) is 0 Å². The van der Waals surface area contributed by atoms with Gasteiger partial charge in [-0.3, -0.25) is 0 Å². The van der Waals surface area contributed by atoms with E-state index in [1.165, 1.54) is 0 Å². The molecule has 2 aromatic rings. The first kappa shape index (κ1) is 13.4. The summed E-state index contributed by atoms with van der Waals surface area (Å²) in [6, 6.07) is 19.7. The first-order valence-corrected chi connectivity index (χ1v) is 6.59. The number of hydrogen-bond donors (Lipinski definition) is 0. The van der Waals surface area contributed by atoms with E-state index in [0.717, 1.165) is 23.1 Å². The Morgan fingerprint density at radius 1 is 1.05 bits per heavy atom. The van der Waals surface area contributed by atoms with Crippen LogP contribution in [0.25, 0.3) is 10.6 Å². The average molecular weight is 268 g/mol. The van der Waals surface area contributed by atoms with E-state index in [2.05, 4.69) is 13.0 Å². The topological polar surface area (TPSA) is 23.8 Å². The summed E-state index contributed by atoms with van der Waals surface area (Å²) in [4.78, 5) is 0. The maximum Gasteiger partial charge on any atom is 0.101 e. The molecule has 0 radical (unpaired) electrons. The number of nitrogens with zero attached hydrogens (tertiary/aromatic N) is 1. The van der Waals surface area contributed by atoms with Crippen molar-refractivity contribution in [3.05, 3.63) is 71.3 Å². The number of halogens is 1. The van der Waals surface area contributed by atoms with Crippen LogP contribution in [0.1, 0.15) is 23.6 Å². The molecule has 0 aliphatic heterocycles. The number of rotatable bonds is 3. The van der Waals surface area contributed by atoms with Crippen molar-refractivity contribution in [2.75, 3.05) is 0 Å². The molecule has 0 aliphatic carbocycles. The molecule has 0 N–H and O–H groups in total. The third-order valence-corrected chi connectivity index (χ3v) is 3.42. The highest BCUT2D eigenvalue weighted by molar-refractivity contribution is 6.53. The van der Waals surface area contributed by atoms with Gasteiger partial charge in [-0.05, 0) is 23.1 Å². The smallest absolute Gasteiger partial charge is 0.101 e. The molecule has 0 spiro atoms. The van der Waals surface area contributed by atoms with Gasteiger partial charge in [0.2, 0.25) is 0 Å². The predicted octanol–water partition coefficient (Wildman–Crippen LogP) is 4.88. The Balaban J connectivity index is 2.59. The Labute approximate surface area is 118 Å². The molecule has 2 heteroatoms. The number of allylic oxidation sites excluding steroid dienone is 1. The van der Waals surface area contributed by atoms with Gasteiger partial charge >= 0.3 is 0 Å². The number of nitriles is 1. The zero-order valence-electron chi connectivity index (χ0n) is 10.7. The van der Waals surface area contributed by atoms with Crippen molar-refractivity contribution in [3.8, 4) is 6.07 Å². The van der Waals surface area contributed by atoms with Crippen LogP contribution >= 0.6 is 11.6 Å². The van der Waals surface area contributed by atoms with Gasteiger partial charge in [-0.1, -0.05) is 73.1 Å². The summed E-state index contributed by atoms with van der Waals surface area (Å²) < 4.78 is 0. The minimum Gasteiger partial charge on any atom is -0.192 e. The fraction of sp³-hybridized carbons (Fsp3) is 0.118. The lowest BCUT2D eigenvalue weighted by Crippen LogP contribution is -1.91. The summed E-state index contributed by atoms with van der Waals surface area (Å²) in [5.74, 6) is 0. The lowest BCUT2D eigenvalue weighted by molar-refractivity contribution is 1.13. The van der Waals surface area contributed by atoms with E-state index in [4.69, 9.17) is 11.6 Å². The number of hydrogen-bond acceptors (Lipinski definition) is 1. The van der Waals surface area contributed by atoms with Gasteiger partial charge < -0.3 is 0 Å². The van der Waals surface area contributed by atoms with Gasteiger partial charge in [0.1, 0.15) is 6.07 Å². The van der Waals surface area contributed by atoms with Crippen LogP contribution in [0, 0.1) is 11.3 Å². The zero-order valence-corrected chi connectivity index (χ0v) is 11.5. The Kier molecular flexibility index (Phi) is 4.39. The fourth-order valence-electron chi connectivity index (χ4n) is 2.02. The van der Waals surface area contributed by atoms with Crippen molar-refractivity contribution < 1.29 is 0 Å². The highest BCUT2D eigenvalue weighted by Gasteiger charge is 2.11. The second-order valence-corrected chi connectivity index (χ2v) is 4.56. The molecule has 0 fully saturated rings. The number of aryl methyl sites for hydroxylation is 1. The van der Waals surface area contributed by atoms with E-state index < -0.39 is 0 Å². The molecule has 2 rings (SSSR count). The summed E-state index contributed by atoms with van der Waals surface area (Å²) in [6.45, 7) is 2.08.